The first-order valence-electron chi connectivity index (χ1n) is 4.73. The summed E-state index contributed by atoms with van der Waals surface area (Å²) in [6.07, 6.45) is 0.632. The number of anilines is 1. The molecule has 84 valence electrons. The smallest absolute Gasteiger partial charge is 0.180 e. The number of aliphatic hydroxyl groups excluding tert-OH is 1. The normalized spacial score (nSPS) is 12.7. The maximum Gasteiger partial charge on any atom is 0.180 e. The lowest BCUT2D eigenvalue weighted by molar-refractivity contribution is 0.223. The first-order chi connectivity index (χ1) is 7.58. The highest BCUT2D eigenvalue weighted by atomic mass is 32.1. The van der Waals surface area contributed by atoms with Crippen LogP contribution in [0.5, 0.6) is 0 Å². The number of benzene rings is 1. The molecule has 16 heavy (non-hydrogen) atoms. The average molecular weight is 238 g/mol. The molecule has 0 aliphatic rings. The predicted octanol–water partition coefficient (Wildman–Crippen LogP) is 2.25. The van der Waals surface area contributed by atoms with E-state index in [0.29, 0.717) is 21.1 Å². The average Bonchev–Trinajstić information content (AvgIpc) is 2.68. The number of aryl methyl sites for hydroxylation is 1. The molecule has 0 spiro atoms. The number of hydrogen-bond donors (Lipinski definition) is 2. The van der Waals surface area contributed by atoms with Gasteiger partial charge in [-0.25, -0.2) is 9.37 Å². The molecule has 2 rings (SSSR count). The maximum absolute atomic E-state index is 13.3. The van der Waals surface area contributed by atoms with Crippen LogP contribution in [0.3, 0.4) is 0 Å². The van der Waals surface area contributed by atoms with Crippen LogP contribution in [0.1, 0.15) is 22.1 Å². The fourth-order valence-corrected chi connectivity index (χ4v) is 2.07. The second-order valence-electron chi connectivity index (χ2n) is 3.51. The summed E-state index contributed by atoms with van der Waals surface area (Å²) >= 11 is 1.19. The van der Waals surface area contributed by atoms with Gasteiger partial charge in [0.25, 0.3) is 0 Å². The van der Waals surface area contributed by atoms with Crippen molar-refractivity contribution in [3.8, 4) is 0 Å². The summed E-state index contributed by atoms with van der Waals surface area (Å²) in [6, 6.07) is 4.66. The Kier molecular flexibility index (Phi) is 2.89. The van der Waals surface area contributed by atoms with Gasteiger partial charge < -0.3 is 10.8 Å². The lowest BCUT2D eigenvalue weighted by Gasteiger charge is -2.09. The monoisotopic (exact) mass is 238 g/mol. The van der Waals surface area contributed by atoms with Gasteiger partial charge in [0.05, 0.1) is 4.88 Å². The summed E-state index contributed by atoms with van der Waals surface area (Å²) in [5.41, 5.74) is 6.53. The zero-order valence-corrected chi connectivity index (χ0v) is 9.46. The van der Waals surface area contributed by atoms with Crippen molar-refractivity contribution in [2.45, 2.75) is 13.0 Å². The molecule has 0 radical (unpaired) electrons. The van der Waals surface area contributed by atoms with Crippen LogP contribution in [-0.2, 0) is 0 Å². The summed E-state index contributed by atoms with van der Waals surface area (Å²) in [5, 5.41) is 10.4. The minimum absolute atomic E-state index is 0.325. The predicted molar refractivity (Wildman–Crippen MR) is 61.7 cm³/mol. The Bertz CT molecular complexity index is 512. The third kappa shape index (κ3) is 2.05. The first-order valence-corrected chi connectivity index (χ1v) is 5.55. The van der Waals surface area contributed by atoms with Crippen LogP contribution in [0.4, 0.5) is 9.52 Å². The Morgan fingerprint density at radius 1 is 1.50 bits per heavy atom. The minimum atomic E-state index is -0.870. The number of aromatic nitrogens is 1. The van der Waals surface area contributed by atoms with Crippen LogP contribution < -0.4 is 5.73 Å². The molecule has 0 fully saturated rings. The van der Waals surface area contributed by atoms with Crippen molar-refractivity contribution in [1.29, 1.82) is 0 Å². The molecule has 3 N–H and O–H groups in total. The first kappa shape index (κ1) is 11.0. The number of nitrogen functional groups attached to an aromatic ring is 1. The standard InChI is InChI=1S/C11H11FN2OS/c1-6-2-3-7(4-8(6)12)10(15)9-5-14-11(13)16-9/h2-5,10,15H,1H3,(H2,13,14). The van der Waals surface area contributed by atoms with Gasteiger partial charge in [-0.05, 0) is 24.1 Å². The van der Waals surface area contributed by atoms with Crippen LogP contribution in [-0.4, -0.2) is 10.1 Å². The van der Waals surface area contributed by atoms with Gasteiger partial charge in [-0.1, -0.05) is 23.5 Å². The number of rotatable bonds is 2. The van der Waals surface area contributed by atoms with E-state index in [2.05, 4.69) is 4.98 Å². The van der Waals surface area contributed by atoms with Gasteiger partial charge in [0.1, 0.15) is 11.9 Å². The number of aliphatic hydroxyl groups is 1. The molecule has 1 heterocycles. The molecular formula is C11H11FN2OS. The van der Waals surface area contributed by atoms with E-state index in [1.54, 1.807) is 19.1 Å². The fraction of sp³-hybridized carbons (Fsp3) is 0.182. The van der Waals surface area contributed by atoms with E-state index in [1.165, 1.54) is 23.6 Å². The molecular weight excluding hydrogens is 227 g/mol. The van der Waals surface area contributed by atoms with E-state index in [4.69, 9.17) is 5.73 Å². The van der Waals surface area contributed by atoms with Gasteiger partial charge >= 0.3 is 0 Å². The zero-order chi connectivity index (χ0) is 11.7. The van der Waals surface area contributed by atoms with E-state index >= 15 is 0 Å². The van der Waals surface area contributed by atoms with Gasteiger partial charge in [-0.15, -0.1) is 0 Å². The van der Waals surface area contributed by atoms with Crippen molar-refractivity contribution in [3.05, 3.63) is 46.2 Å². The van der Waals surface area contributed by atoms with E-state index in [1.807, 2.05) is 0 Å². The number of nitrogens with zero attached hydrogens (tertiary/aromatic N) is 1. The molecule has 1 aromatic heterocycles. The SMILES string of the molecule is Cc1ccc(C(O)c2cnc(N)s2)cc1F. The summed E-state index contributed by atoms with van der Waals surface area (Å²) in [4.78, 5) is 4.46. The topological polar surface area (TPSA) is 59.1 Å². The van der Waals surface area contributed by atoms with E-state index in [0.717, 1.165) is 0 Å². The highest BCUT2D eigenvalue weighted by Gasteiger charge is 2.14. The number of nitrogens with two attached hydrogens (primary N) is 1. The summed E-state index contributed by atoms with van der Waals surface area (Å²) in [6.45, 7) is 1.68. The molecule has 0 saturated heterocycles. The van der Waals surface area contributed by atoms with Crippen molar-refractivity contribution < 1.29 is 9.50 Å². The molecule has 1 atom stereocenters. The highest BCUT2D eigenvalue weighted by molar-refractivity contribution is 7.15. The molecule has 0 aliphatic heterocycles. The van der Waals surface area contributed by atoms with Crippen molar-refractivity contribution >= 4 is 16.5 Å². The fourth-order valence-electron chi connectivity index (χ4n) is 1.37. The van der Waals surface area contributed by atoms with E-state index in [-0.39, 0.29) is 5.82 Å². The van der Waals surface area contributed by atoms with Crippen molar-refractivity contribution in [3.63, 3.8) is 0 Å². The Labute approximate surface area is 96.4 Å². The third-order valence-corrected chi connectivity index (χ3v) is 3.20. The van der Waals surface area contributed by atoms with Crippen LogP contribution in [0.15, 0.2) is 24.4 Å². The van der Waals surface area contributed by atoms with Gasteiger partial charge in [-0.2, -0.15) is 0 Å². The third-order valence-electron chi connectivity index (χ3n) is 2.32. The largest absolute Gasteiger partial charge is 0.383 e. The van der Waals surface area contributed by atoms with E-state index < -0.39 is 6.10 Å². The molecule has 2 aromatic rings. The van der Waals surface area contributed by atoms with Crippen LogP contribution in [0.25, 0.3) is 0 Å². The van der Waals surface area contributed by atoms with E-state index in [9.17, 15) is 9.50 Å². The Morgan fingerprint density at radius 3 is 2.81 bits per heavy atom. The summed E-state index contributed by atoms with van der Waals surface area (Å²) in [5.74, 6) is -0.325. The van der Waals surface area contributed by atoms with Gasteiger partial charge in [0.15, 0.2) is 5.13 Å². The Morgan fingerprint density at radius 2 is 2.25 bits per heavy atom. The minimum Gasteiger partial charge on any atom is -0.383 e. The van der Waals surface area contributed by atoms with Gasteiger partial charge in [-0.3, -0.25) is 0 Å². The van der Waals surface area contributed by atoms with Crippen molar-refractivity contribution in [2.24, 2.45) is 0 Å². The molecule has 0 aliphatic carbocycles. The summed E-state index contributed by atoms with van der Waals surface area (Å²) in [7, 11) is 0. The van der Waals surface area contributed by atoms with Crippen LogP contribution >= 0.6 is 11.3 Å². The lowest BCUT2D eigenvalue weighted by atomic mass is 10.1. The molecule has 0 amide bonds. The van der Waals surface area contributed by atoms with Crippen molar-refractivity contribution in [2.75, 3.05) is 5.73 Å². The van der Waals surface area contributed by atoms with Crippen LogP contribution in [0.2, 0.25) is 0 Å². The molecule has 1 aromatic carbocycles. The molecule has 5 heteroatoms. The Balaban J connectivity index is 2.33. The quantitative estimate of drug-likeness (QED) is 0.843. The molecule has 0 bridgehead atoms. The van der Waals surface area contributed by atoms with Gasteiger partial charge in [0, 0.05) is 6.20 Å². The van der Waals surface area contributed by atoms with Crippen LogP contribution in [0, 0.1) is 12.7 Å². The number of halogens is 1. The van der Waals surface area contributed by atoms with Gasteiger partial charge in [0.2, 0.25) is 0 Å². The second-order valence-corrected chi connectivity index (χ2v) is 4.61. The molecule has 3 nitrogen and oxygen atoms in total. The second kappa shape index (κ2) is 4.19. The van der Waals surface area contributed by atoms with Crippen molar-refractivity contribution in [1.82, 2.24) is 4.98 Å². The highest BCUT2D eigenvalue weighted by Crippen LogP contribution is 2.28. The molecule has 0 saturated carbocycles. The lowest BCUT2D eigenvalue weighted by Crippen LogP contribution is -1.98. The summed E-state index contributed by atoms with van der Waals surface area (Å²) < 4.78 is 13.3. The number of thiazole rings is 1. The Hall–Kier alpha value is -1.46. The maximum atomic E-state index is 13.3. The zero-order valence-electron chi connectivity index (χ0n) is 8.64. The number of hydrogen-bond acceptors (Lipinski definition) is 4. The molecule has 1 unspecified atom stereocenters.